The SMILES string of the molecule is CSc1ccc(CNC(=O)CCc2conc2-c2ccccc2)cc1. The van der Waals surface area contributed by atoms with Crippen LogP contribution in [0.3, 0.4) is 0 Å². The highest BCUT2D eigenvalue weighted by atomic mass is 32.2. The van der Waals surface area contributed by atoms with E-state index < -0.39 is 0 Å². The predicted molar refractivity (Wildman–Crippen MR) is 100 cm³/mol. The van der Waals surface area contributed by atoms with E-state index in [4.69, 9.17) is 4.52 Å². The number of carbonyl (C=O) groups excluding carboxylic acids is 1. The highest BCUT2D eigenvalue weighted by Crippen LogP contribution is 2.22. The molecule has 0 unspecified atom stereocenters. The molecule has 0 atom stereocenters. The molecular weight excluding hydrogens is 332 g/mol. The van der Waals surface area contributed by atoms with Gasteiger partial charge >= 0.3 is 0 Å². The highest BCUT2D eigenvalue weighted by Gasteiger charge is 2.11. The molecule has 0 aliphatic rings. The van der Waals surface area contributed by atoms with Crippen LogP contribution in [-0.2, 0) is 17.8 Å². The van der Waals surface area contributed by atoms with Gasteiger partial charge in [-0.15, -0.1) is 11.8 Å². The summed E-state index contributed by atoms with van der Waals surface area (Å²) in [5.41, 5.74) is 3.85. The zero-order valence-corrected chi connectivity index (χ0v) is 14.9. The first-order valence-corrected chi connectivity index (χ1v) is 9.37. The van der Waals surface area contributed by atoms with E-state index >= 15 is 0 Å². The Morgan fingerprint density at radius 3 is 2.60 bits per heavy atom. The lowest BCUT2D eigenvalue weighted by Gasteiger charge is -2.06. The second-order valence-corrected chi connectivity index (χ2v) is 6.56. The zero-order valence-electron chi connectivity index (χ0n) is 14.1. The van der Waals surface area contributed by atoms with Gasteiger partial charge in [-0.25, -0.2) is 0 Å². The van der Waals surface area contributed by atoms with Crippen molar-refractivity contribution < 1.29 is 9.32 Å². The smallest absolute Gasteiger partial charge is 0.220 e. The minimum Gasteiger partial charge on any atom is -0.364 e. The highest BCUT2D eigenvalue weighted by molar-refractivity contribution is 7.98. The van der Waals surface area contributed by atoms with E-state index in [1.165, 1.54) is 4.90 Å². The van der Waals surface area contributed by atoms with Crippen LogP contribution in [0.4, 0.5) is 0 Å². The van der Waals surface area contributed by atoms with Gasteiger partial charge in [0.15, 0.2) is 0 Å². The zero-order chi connectivity index (χ0) is 17.5. The molecule has 1 N–H and O–H groups in total. The topological polar surface area (TPSA) is 55.1 Å². The monoisotopic (exact) mass is 352 g/mol. The number of rotatable bonds is 7. The lowest BCUT2D eigenvalue weighted by Crippen LogP contribution is -2.22. The van der Waals surface area contributed by atoms with Gasteiger partial charge in [0.05, 0.1) is 0 Å². The summed E-state index contributed by atoms with van der Waals surface area (Å²) in [4.78, 5) is 13.3. The van der Waals surface area contributed by atoms with Gasteiger partial charge in [-0.3, -0.25) is 4.79 Å². The van der Waals surface area contributed by atoms with Gasteiger partial charge in [-0.05, 0) is 30.4 Å². The summed E-state index contributed by atoms with van der Waals surface area (Å²) in [6.45, 7) is 0.544. The van der Waals surface area contributed by atoms with Crippen molar-refractivity contribution in [1.29, 1.82) is 0 Å². The Balaban J connectivity index is 1.52. The third-order valence-corrected chi connectivity index (χ3v) is 4.70. The van der Waals surface area contributed by atoms with Crippen LogP contribution in [0, 0.1) is 0 Å². The van der Waals surface area contributed by atoms with Crippen LogP contribution in [-0.4, -0.2) is 17.3 Å². The van der Waals surface area contributed by atoms with Crippen LogP contribution in [0.15, 0.2) is 70.3 Å². The van der Waals surface area contributed by atoms with Crippen LogP contribution in [0.25, 0.3) is 11.3 Å². The minimum absolute atomic E-state index is 0.0224. The molecule has 1 aromatic heterocycles. The Bertz CT molecular complexity index is 813. The van der Waals surface area contributed by atoms with Crippen molar-refractivity contribution in [3.05, 3.63) is 72.0 Å². The fourth-order valence-electron chi connectivity index (χ4n) is 2.55. The van der Waals surface area contributed by atoms with Crippen molar-refractivity contribution in [2.24, 2.45) is 0 Å². The van der Waals surface area contributed by atoms with Crippen LogP contribution in [0.2, 0.25) is 0 Å². The van der Waals surface area contributed by atoms with Crippen molar-refractivity contribution in [3.8, 4) is 11.3 Å². The van der Waals surface area contributed by atoms with Gasteiger partial charge in [-0.2, -0.15) is 0 Å². The number of amides is 1. The van der Waals surface area contributed by atoms with Gasteiger partial charge < -0.3 is 9.84 Å². The summed E-state index contributed by atoms with van der Waals surface area (Å²) in [5.74, 6) is 0.0224. The van der Waals surface area contributed by atoms with Gasteiger partial charge in [0, 0.05) is 29.0 Å². The molecule has 1 heterocycles. The predicted octanol–water partition coefficient (Wildman–Crippen LogP) is 4.31. The first-order valence-electron chi connectivity index (χ1n) is 8.14. The Morgan fingerprint density at radius 1 is 1.12 bits per heavy atom. The molecule has 0 saturated carbocycles. The number of nitrogens with one attached hydrogen (secondary N) is 1. The summed E-state index contributed by atoms with van der Waals surface area (Å²) in [7, 11) is 0. The largest absolute Gasteiger partial charge is 0.364 e. The maximum atomic E-state index is 12.1. The molecule has 4 nitrogen and oxygen atoms in total. The lowest BCUT2D eigenvalue weighted by molar-refractivity contribution is -0.121. The Kier molecular flexibility index (Phi) is 5.90. The number of thioether (sulfide) groups is 1. The molecule has 2 aromatic carbocycles. The number of carbonyl (C=O) groups is 1. The molecule has 3 rings (SSSR count). The maximum absolute atomic E-state index is 12.1. The molecule has 0 saturated heterocycles. The quantitative estimate of drug-likeness (QED) is 0.644. The molecule has 0 fully saturated rings. The normalized spacial score (nSPS) is 10.6. The minimum atomic E-state index is 0.0224. The Morgan fingerprint density at radius 2 is 1.88 bits per heavy atom. The molecule has 25 heavy (non-hydrogen) atoms. The van der Waals surface area contributed by atoms with Crippen molar-refractivity contribution >= 4 is 17.7 Å². The fraction of sp³-hybridized carbons (Fsp3) is 0.200. The molecule has 5 heteroatoms. The molecule has 0 bridgehead atoms. The number of hydrogen-bond donors (Lipinski definition) is 1. The molecule has 0 aliphatic heterocycles. The van der Waals surface area contributed by atoms with E-state index in [1.807, 2.05) is 48.7 Å². The lowest BCUT2D eigenvalue weighted by atomic mass is 10.0. The summed E-state index contributed by atoms with van der Waals surface area (Å²) < 4.78 is 5.10. The van der Waals surface area contributed by atoms with E-state index in [0.29, 0.717) is 19.4 Å². The Hall–Kier alpha value is -2.53. The molecule has 0 aliphatic carbocycles. The van der Waals surface area contributed by atoms with Crippen molar-refractivity contribution in [1.82, 2.24) is 10.5 Å². The van der Waals surface area contributed by atoms with Crippen LogP contribution in [0.5, 0.6) is 0 Å². The number of nitrogens with zero attached hydrogens (tertiary/aromatic N) is 1. The standard InChI is InChI=1S/C20H20N2O2S/c1-25-18-10-7-15(8-11-18)13-21-19(23)12-9-17-14-24-22-20(17)16-5-3-2-4-6-16/h2-8,10-11,14H,9,12-13H2,1H3,(H,21,23). The van der Waals surface area contributed by atoms with Gasteiger partial charge in [0.2, 0.25) is 5.91 Å². The maximum Gasteiger partial charge on any atom is 0.220 e. The van der Waals surface area contributed by atoms with E-state index in [0.717, 1.165) is 22.4 Å². The number of aromatic nitrogens is 1. The summed E-state index contributed by atoms with van der Waals surface area (Å²) in [5, 5.41) is 7.03. The summed E-state index contributed by atoms with van der Waals surface area (Å²) in [6.07, 6.45) is 4.68. The van der Waals surface area contributed by atoms with E-state index in [9.17, 15) is 4.79 Å². The molecular formula is C20H20N2O2S. The Labute approximate surface area is 151 Å². The number of aryl methyl sites for hydroxylation is 1. The fourth-order valence-corrected chi connectivity index (χ4v) is 2.96. The van der Waals surface area contributed by atoms with E-state index in [-0.39, 0.29) is 5.91 Å². The second kappa shape index (κ2) is 8.53. The third-order valence-electron chi connectivity index (χ3n) is 3.96. The molecule has 0 radical (unpaired) electrons. The first kappa shape index (κ1) is 17.3. The van der Waals surface area contributed by atoms with Gasteiger partial charge in [0.25, 0.3) is 0 Å². The van der Waals surface area contributed by atoms with Crippen LogP contribution in [0.1, 0.15) is 17.5 Å². The van der Waals surface area contributed by atoms with E-state index in [2.05, 4.69) is 22.6 Å². The first-order chi connectivity index (χ1) is 12.3. The number of hydrogen-bond acceptors (Lipinski definition) is 4. The van der Waals surface area contributed by atoms with Gasteiger partial charge in [-0.1, -0.05) is 47.6 Å². The van der Waals surface area contributed by atoms with Crippen molar-refractivity contribution in [2.75, 3.05) is 6.26 Å². The van der Waals surface area contributed by atoms with Gasteiger partial charge in [0.1, 0.15) is 12.0 Å². The second-order valence-electron chi connectivity index (χ2n) is 5.68. The average molecular weight is 352 g/mol. The number of benzene rings is 2. The summed E-state index contributed by atoms with van der Waals surface area (Å²) in [6, 6.07) is 18.1. The third kappa shape index (κ3) is 4.73. The van der Waals surface area contributed by atoms with E-state index in [1.54, 1.807) is 18.0 Å². The van der Waals surface area contributed by atoms with Crippen molar-refractivity contribution in [3.63, 3.8) is 0 Å². The molecule has 128 valence electrons. The van der Waals surface area contributed by atoms with Crippen LogP contribution >= 0.6 is 11.8 Å². The van der Waals surface area contributed by atoms with Crippen LogP contribution < -0.4 is 5.32 Å². The van der Waals surface area contributed by atoms with Crippen molar-refractivity contribution in [2.45, 2.75) is 24.3 Å². The molecule has 1 amide bonds. The molecule has 0 spiro atoms. The summed E-state index contributed by atoms with van der Waals surface area (Å²) >= 11 is 1.71. The molecule has 3 aromatic rings. The average Bonchev–Trinajstić information content (AvgIpc) is 3.14.